The Labute approximate surface area is 167 Å². The van der Waals surface area contributed by atoms with Gasteiger partial charge in [-0.05, 0) is 54.8 Å². The van der Waals surface area contributed by atoms with Gasteiger partial charge >= 0.3 is 0 Å². The quantitative estimate of drug-likeness (QED) is 0.611. The molecule has 0 aliphatic rings. The van der Waals surface area contributed by atoms with Gasteiger partial charge in [-0.2, -0.15) is 0 Å². The van der Waals surface area contributed by atoms with Crippen molar-refractivity contribution in [2.45, 2.75) is 26.7 Å². The van der Waals surface area contributed by atoms with E-state index < -0.39 is 17.5 Å². The number of amides is 1. The Balaban J connectivity index is 2.14. The first kappa shape index (κ1) is 20.3. The van der Waals surface area contributed by atoms with Crippen LogP contribution in [0, 0.1) is 11.6 Å². The number of aromatic nitrogens is 1. The van der Waals surface area contributed by atoms with E-state index >= 15 is 0 Å². The largest absolute Gasteiger partial charge is 0.366 e. The maximum Gasteiger partial charge on any atom is 0.251 e. The van der Waals surface area contributed by atoms with E-state index in [1.54, 1.807) is 12.1 Å². The van der Waals surface area contributed by atoms with Gasteiger partial charge in [-0.25, -0.2) is 8.78 Å². The first-order valence-corrected chi connectivity index (χ1v) is 9.10. The molecular weight excluding hydrogens is 374 g/mol. The third kappa shape index (κ3) is 4.06. The van der Waals surface area contributed by atoms with Gasteiger partial charge in [0.05, 0.1) is 22.5 Å². The summed E-state index contributed by atoms with van der Waals surface area (Å²) in [4.78, 5) is 27.8. The van der Waals surface area contributed by atoms with Gasteiger partial charge in [-0.15, -0.1) is 0 Å². The summed E-state index contributed by atoms with van der Waals surface area (Å²) in [6.45, 7) is 5.24. The molecule has 148 valence electrons. The van der Waals surface area contributed by atoms with Gasteiger partial charge in [-0.3, -0.25) is 14.6 Å². The Kier molecular flexibility index (Phi) is 5.55. The summed E-state index contributed by atoms with van der Waals surface area (Å²) in [7, 11) is 0. The highest BCUT2D eigenvalue weighted by molar-refractivity contribution is 5.96. The van der Waals surface area contributed by atoms with Crippen molar-refractivity contribution in [1.82, 2.24) is 4.98 Å². The summed E-state index contributed by atoms with van der Waals surface area (Å²) in [5.41, 5.74) is 8.33. The van der Waals surface area contributed by atoms with Crippen LogP contribution in [0.25, 0.3) is 22.4 Å². The third-order valence-corrected chi connectivity index (χ3v) is 4.66. The normalized spacial score (nSPS) is 11.0. The van der Waals surface area contributed by atoms with Crippen LogP contribution in [0.3, 0.4) is 0 Å². The number of ketones is 1. The minimum atomic E-state index is -0.854. The summed E-state index contributed by atoms with van der Waals surface area (Å²) < 4.78 is 27.7. The SMILES string of the molecule is CC(=O)c1cc(-c2ccc(-c3ccc(F)c(C(N)=O)c3)nc2C(C)C)ccc1F. The van der Waals surface area contributed by atoms with Crippen LogP contribution < -0.4 is 5.73 Å². The molecule has 3 rings (SSSR count). The molecule has 2 N–H and O–H groups in total. The van der Waals surface area contributed by atoms with Crippen molar-refractivity contribution in [2.75, 3.05) is 0 Å². The highest BCUT2D eigenvalue weighted by Crippen LogP contribution is 2.32. The molecule has 0 radical (unpaired) electrons. The number of hydrogen-bond donors (Lipinski definition) is 1. The van der Waals surface area contributed by atoms with Crippen LogP contribution >= 0.6 is 0 Å². The maximum atomic E-state index is 13.9. The Bertz CT molecular complexity index is 1120. The van der Waals surface area contributed by atoms with E-state index in [-0.39, 0.29) is 22.8 Å². The van der Waals surface area contributed by atoms with Crippen LogP contribution in [0.4, 0.5) is 8.78 Å². The molecule has 1 amide bonds. The summed E-state index contributed by atoms with van der Waals surface area (Å²) in [5, 5.41) is 0. The Morgan fingerprint density at radius 1 is 0.897 bits per heavy atom. The van der Waals surface area contributed by atoms with Crippen LogP contribution in [0.2, 0.25) is 0 Å². The molecule has 1 aromatic heterocycles. The second-order valence-corrected chi connectivity index (χ2v) is 7.09. The second-order valence-electron chi connectivity index (χ2n) is 7.09. The van der Waals surface area contributed by atoms with Crippen molar-refractivity contribution < 1.29 is 18.4 Å². The Hall–Kier alpha value is -3.41. The number of carbonyl (C=O) groups excluding carboxylic acids is 2. The molecule has 0 atom stereocenters. The third-order valence-electron chi connectivity index (χ3n) is 4.66. The van der Waals surface area contributed by atoms with Crippen molar-refractivity contribution in [1.29, 1.82) is 0 Å². The number of nitrogens with zero attached hydrogens (tertiary/aromatic N) is 1. The number of primary amides is 1. The van der Waals surface area contributed by atoms with Crippen molar-refractivity contribution in [3.8, 4) is 22.4 Å². The van der Waals surface area contributed by atoms with E-state index in [0.717, 1.165) is 11.3 Å². The molecule has 1 heterocycles. The van der Waals surface area contributed by atoms with E-state index in [1.165, 1.54) is 37.3 Å². The molecular formula is C23H20F2N2O2. The zero-order chi connectivity index (χ0) is 21.3. The molecule has 0 saturated carbocycles. The zero-order valence-corrected chi connectivity index (χ0v) is 16.3. The van der Waals surface area contributed by atoms with Gasteiger partial charge in [0, 0.05) is 11.1 Å². The van der Waals surface area contributed by atoms with Crippen LogP contribution in [-0.4, -0.2) is 16.7 Å². The lowest BCUT2D eigenvalue weighted by atomic mass is 9.94. The van der Waals surface area contributed by atoms with Gasteiger partial charge in [-0.1, -0.05) is 26.0 Å². The fraction of sp³-hybridized carbons (Fsp3) is 0.174. The van der Waals surface area contributed by atoms with E-state index in [0.29, 0.717) is 16.8 Å². The molecule has 0 aliphatic carbocycles. The fourth-order valence-electron chi connectivity index (χ4n) is 3.16. The summed E-state index contributed by atoms with van der Waals surface area (Å²) in [6.07, 6.45) is 0. The van der Waals surface area contributed by atoms with Crippen LogP contribution in [0.5, 0.6) is 0 Å². The van der Waals surface area contributed by atoms with E-state index in [9.17, 15) is 18.4 Å². The van der Waals surface area contributed by atoms with Crippen molar-refractivity contribution in [2.24, 2.45) is 5.73 Å². The lowest BCUT2D eigenvalue weighted by molar-refractivity contribution is 0.0992. The van der Waals surface area contributed by atoms with Crippen LogP contribution in [0.15, 0.2) is 48.5 Å². The average molecular weight is 394 g/mol. The molecule has 0 fully saturated rings. The highest BCUT2D eigenvalue weighted by atomic mass is 19.1. The Morgan fingerprint density at radius 2 is 1.48 bits per heavy atom. The minimum absolute atomic E-state index is 0.0194. The Morgan fingerprint density at radius 3 is 2.07 bits per heavy atom. The van der Waals surface area contributed by atoms with Gasteiger partial charge in [0.25, 0.3) is 5.91 Å². The number of hydrogen-bond acceptors (Lipinski definition) is 3. The molecule has 2 aromatic carbocycles. The highest BCUT2D eigenvalue weighted by Gasteiger charge is 2.17. The maximum absolute atomic E-state index is 13.9. The fourth-order valence-corrected chi connectivity index (χ4v) is 3.16. The number of Topliss-reactive ketones (excluding diaryl/α,β-unsaturated/α-hetero) is 1. The summed E-state index contributed by atoms with van der Waals surface area (Å²) in [6, 6.07) is 12.0. The molecule has 0 unspecified atom stereocenters. The molecule has 0 saturated heterocycles. The predicted molar refractivity (Wildman–Crippen MR) is 108 cm³/mol. The van der Waals surface area contributed by atoms with Gasteiger partial charge < -0.3 is 5.73 Å². The van der Waals surface area contributed by atoms with Gasteiger partial charge in [0.2, 0.25) is 0 Å². The van der Waals surface area contributed by atoms with E-state index in [1.807, 2.05) is 19.9 Å². The number of nitrogens with two attached hydrogens (primary N) is 1. The first-order valence-electron chi connectivity index (χ1n) is 9.10. The second kappa shape index (κ2) is 7.91. The molecule has 0 aliphatic heterocycles. The van der Waals surface area contributed by atoms with Crippen molar-refractivity contribution >= 4 is 11.7 Å². The summed E-state index contributed by atoms with van der Waals surface area (Å²) >= 11 is 0. The number of pyridine rings is 1. The summed E-state index contributed by atoms with van der Waals surface area (Å²) in [5.74, 6) is -2.45. The average Bonchev–Trinajstić information content (AvgIpc) is 2.68. The minimum Gasteiger partial charge on any atom is -0.366 e. The lowest BCUT2D eigenvalue weighted by Crippen LogP contribution is -2.13. The molecule has 0 spiro atoms. The monoisotopic (exact) mass is 394 g/mol. The molecule has 3 aromatic rings. The van der Waals surface area contributed by atoms with Gasteiger partial charge in [0.1, 0.15) is 11.6 Å². The predicted octanol–water partition coefficient (Wildman–Crippen LogP) is 5.12. The number of benzene rings is 2. The van der Waals surface area contributed by atoms with E-state index in [4.69, 9.17) is 10.7 Å². The lowest BCUT2D eigenvalue weighted by Gasteiger charge is -2.15. The number of halogens is 2. The topological polar surface area (TPSA) is 73.1 Å². The number of rotatable bonds is 5. The smallest absolute Gasteiger partial charge is 0.251 e. The standard InChI is InChI=1S/C23H20F2N2O2/c1-12(2)22-16(14-4-7-19(24)17(10-14)13(3)28)6-9-21(27-22)15-5-8-20(25)18(11-15)23(26)29/h4-12H,1-3H3,(H2,26,29). The number of carbonyl (C=O) groups is 2. The van der Waals surface area contributed by atoms with Crippen LogP contribution in [-0.2, 0) is 0 Å². The zero-order valence-electron chi connectivity index (χ0n) is 16.3. The molecule has 0 bridgehead atoms. The van der Waals surface area contributed by atoms with E-state index in [2.05, 4.69) is 0 Å². The molecule has 4 nitrogen and oxygen atoms in total. The van der Waals surface area contributed by atoms with Gasteiger partial charge in [0.15, 0.2) is 5.78 Å². The van der Waals surface area contributed by atoms with Crippen LogP contribution in [0.1, 0.15) is 53.1 Å². The molecule has 6 heteroatoms. The van der Waals surface area contributed by atoms with Crippen molar-refractivity contribution in [3.63, 3.8) is 0 Å². The van der Waals surface area contributed by atoms with Crippen molar-refractivity contribution in [3.05, 3.63) is 77.0 Å². The first-order chi connectivity index (χ1) is 13.7. The molecule has 29 heavy (non-hydrogen) atoms.